The second-order valence-electron chi connectivity index (χ2n) is 5.61. The van der Waals surface area contributed by atoms with Crippen LogP contribution in [-0.2, 0) is 4.79 Å². The molecule has 8 nitrogen and oxygen atoms in total. The van der Waals surface area contributed by atoms with Crippen molar-refractivity contribution in [3.05, 3.63) is 53.6 Å². The lowest BCUT2D eigenvalue weighted by molar-refractivity contribution is -0.120. The molecule has 2 aromatic rings. The lowest BCUT2D eigenvalue weighted by Gasteiger charge is -2.10. The summed E-state index contributed by atoms with van der Waals surface area (Å²) in [5.41, 5.74) is 10.5. The minimum atomic E-state index is -0.446. The molecule has 8 heteroatoms. The van der Waals surface area contributed by atoms with Crippen LogP contribution in [-0.4, -0.2) is 38.3 Å². The van der Waals surface area contributed by atoms with Crippen molar-refractivity contribution in [2.75, 3.05) is 26.5 Å². The van der Waals surface area contributed by atoms with E-state index in [1.807, 2.05) is 0 Å². The van der Waals surface area contributed by atoms with E-state index >= 15 is 0 Å². The molecule has 27 heavy (non-hydrogen) atoms. The highest BCUT2D eigenvalue weighted by atomic mass is 16.5. The Labute approximate surface area is 157 Å². The van der Waals surface area contributed by atoms with Crippen molar-refractivity contribution in [1.29, 1.82) is 0 Å². The van der Waals surface area contributed by atoms with Gasteiger partial charge in [-0.25, -0.2) is 5.43 Å². The van der Waals surface area contributed by atoms with Crippen LogP contribution in [0.15, 0.2) is 47.6 Å². The van der Waals surface area contributed by atoms with Crippen molar-refractivity contribution in [2.24, 2.45) is 5.10 Å². The van der Waals surface area contributed by atoms with E-state index in [-0.39, 0.29) is 6.54 Å². The standard InChI is InChI=1S/C19H22N4O4/c1-12(13-4-7-15(20)8-5-13)22-23-18(24)11-21-19(25)14-6-9-16(26-2)17(10-14)27-3/h4-10H,11,20H2,1-3H3,(H,21,25)(H,23,24)/b22-12-. The summed E-state index contributed by atoms with van der Waals surface area (Å²) in [5, 5.41) is 6.54. The van der Waals surface area contributed by atoms with Gasteiger partial charge in [-0.1, -0.05) is 12.1 Å². The highest BCUT2D eigenvalue weighted by Gasteiger charge is 2.12. The Balaban J connectivity index is 1.90. The highest BCUT2D eigenvalue weighted by molar-refractivity contribution is 6.00. The molecular weight excluding hydrogens is 348 g/mol. The third kappa shape index (κ3) is 5.46. The molecule has 0 spiro atoms. The lowest BCUT2D eigenvalue weighted by Crippen LogP contribution is -2.35. The van der Waals surface area contributed by atoms with Gasteiger partial charge in [0.2, 0.25) is 0 Å². The van der Waals surface area contributed by atoms with Gasteiger partial charge in [0.1, 0.15) is 0 Å². The van der Waals surface area contributed by atoms with Gasteiger partial charge in [0.25, 0.3) is 11.8 Å². The molecule has 0 aliphatic carbocycles. The normalized spacial score (nSPS) is 10.9. The molecule has 0 aliphatic rings. The van der Waals surface area contributed by atoms with Gasteiger partial charge in [-0.05, 0) is 42.8 Å². The molecule has 0 heterocycles. The van der Waals surface area contributed by atoms with Crippen LogP contribution < -0.4 is 25.9 Å². The first-order valence-electron chi connectivity index (χ1n) is 8.14. The molecule has 0 aliphatic heterocycles. The number of anilines is 1. The third-order valence-corrected chi connectivity index (χ3v) is 3.73. The van der Waals surface area contributed by atoms with Crippen molar-refractivity contribution >= 4 is 23.2 Å². The molecular formula is C19H22N4O4. The Kier molecular flexibility index (Phi) is 6.76. The maximum absolute atomic E-state index is 12.2. The number of hydrogen-bond acceptors (Lipinski definition) is 6. The number of hydrazone groups is 1. The number of nitrogens with zero attached hydrogens (tertiary/aromatic N) is 1. The second kappa shape index (κ2) is 9.23. The van der Waals surface area contributed by atoms with E-state index in [0.29, 0.717) is 28.5 Å². The minimum Gasteiger partial charge on any atom is -0.493 e. The van der Waals surface area contributed by atoms with Gasteiger partial charge in [0, 0.05) is 11.3 Å². The summed E-state index contributed by atoms with van der Waals surface area (Å²) >= 11 is 0. The zero-order valence-corrected chi connectivity index (χ0v) is 15.4. The van der Waals surface area contributed by atoms with E-state index < -0.39 is 11.8 Å². The molecule has 0 unspecified atom stereocenters. The Hall–Kier alpha value is -3.55. The minimum absolute atomic E-state index is 0.217. The molecule has 2 rings (SSSR count). The van der Waals surface area contributed by atoms with Gasteiger partial charge in [0.15, 0.2) is 11.5 Å². The quantitative estimate of drug-likeness (QED) is 0.389. The maximum Gasteiger partial charge on any atom is 0.259 e. The molecule has 2 amide bonds. The van der Waals surface area contributed by atoms with Crippen LogP contribution in [0, 0.1) is 0 Å². The predicted octanol–water partition coefficient (Wildman–Crippen LogP) is 1.56. The van der Waals surface area contributed by atoms with Crippen LogP contribution in [0.25, 0.3) is 0 Å². The van der Waals surface area contributed by atoms with E-state index in [9.17, 15) is 9.59 Å². The molecule has 0 fully saturated rings. The van der Waals surface area contributed by atoms with E-state index in [4.69, 9.17) is 15.2 Å². The third-order valence-electron chi connectivity index (χ3n) is 3.73. The van der Waals surface area contributed by atoms with E-state index in [1.165, 1.54) is 20.3 Å². The molecule has 2 aromatic carbocycles. The first-order chi connectivity index (χ1) is 12.9. The number of nitrogens with one attached hydrogen (secondary N) is 2. The number of methoxy groups -OCH3 is 2. The molecule has 142 valence electrons. The summed E-state index contributed by atoms with van der Waals surface area (Å²) in [6, 6.07) is 11.8. The SMILES string of the molecule is COc1ccc(C(=O)NCC(=O)N/N=C(/C)c2ccc(N)cc2)cc1OC. The van der Waals surface area contributed by atoms with E-state index in [2.05, 4.69) is 15.8 Å². The summed E-state index contributed by atoms with van der Waals surface area (Å²) in [6.07, 6.45) is 0. The van der Waals surface area contributed by atoms with Gasteiger partial charge in [0.05, 0.1) is 26.5 Å². The number of rotatable bonds is 7. The van der Waals surface area contributed by atoms with Crippen molar-refractivity contribution in [3.8, 4) is 11.5 Å². The smallest absolute Gasteiger partial charge is 0.259 e. The van der Waals surface area contributed by atoms with Crippen LogP contribution in [0.2, 0.25) is 0 Å². The molecule has 0 saturated heterocycles. The zero-order chi connectivity index (χ0) is 19.8. The maximum atomic E-state index is 12.2. The van der Waals surface area contributed by atoms with Crippen molar-refractivity contribution < 1.29 is 19.1 Å². The number of carbonyl (C=O) groups excluding carboxylic acids is 2. The number of ether oxygens (including phenoxy) is 2. The fourth-order valence-electron chi connectivity index (χ4n) is 2.21. The summed E-state index contributed by atoms with van der Waals surface area (Å²) in [7, 11) is 2.99. The number of carbonyl (C=O) groups is 2. The number of benzene rings is 2. The van der Waals surface area contributed by atoms with Crippen LogP contribution in [0.1, 0.15) is 22.8 Å². The van der Waals surface area contributed by atoms with E-state index in [1.54, 1.807) is 43.3 Å². The van der Waals surface area contributed by atoms with Gasteiger partial charge in [-0.15, -0.1) is 0 Å². The Morgan fingerprint density at radius 3 is 2.26 bits per heavy atom. The largest absolute Gasteiger partial charge is 0.493 e. The average Bonchev–Trinajstić information content (AvgIpc) is 2.70. The molecule has 0 radical (unpaired) electrons. The van der Waals surface area contributed by atoms with Crippen LogP contribution in [0.5, 0.6) is 11.5 Å². The fourth-order valence-corrected chi connectivity index (χ4v) is 2.21. The van der Waals surface area contributed by atoms with Gasteiger partial charge in [-0.3, -0.25) is 9.59 Å². The lowest BCUT2D eigenvalue weighted by atomic mass is 10.1. The summed E-state index contributed by atoms with van der Waals surface area (Å²) in [5.74, 6) is 0.0848. The Morgan fingerprint density at radius 1 is 1.00 bits per heavy atom. The first kappa shape index (κ1) is 19.8. The molecule has 0 saturated carbocycles. The molecule has 0 atom stereocenters. The van der Waals surface area contributed by atoms with Gasteiger partial charge < -0.3 is 20.5 Å². The summed E-state index contributed by atoms with van der Waals surface area (Å²) in [6.45, 7) is 1.54. The molecule has 0 aromatic heterocycles. The monoisotopic (exact) mass is 370 g/mol. The van der Waals surface area contributed by atoms with Crippen LogP contribution >= 0.6 is 0 Å². The topological polar surface area (TPSA) is 115 Å². The molecule has 4 N–H and O–H groups in total. The fraction of sp³-hybridized carbons (Fsp3) is 0.211. The van der Waals surface area contributed by atoms with Crippen molar-refractivity contribution in [2.45, 2.75) is 6.92 Å². The Morgan fingerprint density at radius 2 is 1.63 bits per heavy atom. The average molecular weight is 370 g/mol. The van der Waals surface area contributed by atoms with Crippen molar-refractivity contribution in [3.63, 3.8) is 0 Å². The molecule has 0 bridgehead atoms. The number of nitrogens with two attached hydrogens (primary N) is 1. The van der Waals surface area contributed by atoms with E-state index in [0.717, 1.165) is 5.56 Å². The van der Waals surface area contributed by atoms with Gasteiger partial charge >= 0.3 is 0 Å². The van der Waals surface area contributed by atoms with Crippen LogP contribution in [0.4, 0.5) is 5.69 Å². The summed E-state index contributed by atoms with van der Waals surface area (Å²) in [4.78, 5) is 24.1. The van der Waals surface area contributed by atoms with Gasteiger partial charge in [-0.2, -0.15) is 5.10 Å². The first-order valence-corrected chi connectivity index (χ1v) is 8.14. The number of amides is 2. The zero-order valence-electron chi connectivity index (χ0n) is 15.4. The second-order valence-corrected chi connectivity index (χ2v) is 5.61. The summed E-state index contributed by atoms with van der Waals surface area (Å²) < 4.78 is 10.3. The predicted molar refractivity (Wildman–Crippen MR) is 103 cm³/mol. The van der Waals surface area contributed by atoms with Crippen molar-refractivity contribution in [1.82, 2.24) is 10.7 Å². The number of hydrogen-bond donors (Lipinski definition) is 3. The highest BCUT2D eigenvalue weighted by Crippen LogP contribution is 2.27. The Bertz CT molecular complexity index is 847. The van der Waals surface area contributed by atoms with Crippen LogP contribution in [0.3, 0.4) is 0 Å². The number of nitrogen functional groups attached to an aromatic ring is 1.